The molecule has 0 unspecified atom stereocenters. The van der Waals surface area contributed by atoms with Crippen LogP contribution < -0.4 is 9.47 Å². The van der Waals surface area contributed by atoms with Crippen molar-refractivity contribution in [2.75, 3.05) is 20.8 Å². The van der Waals surface area contributed by atoms with Gasteiger partial charge in [-0.15, -0.1) is 0 Å². The maximum absolute atomic E-state index is 6.18. The van der Waals surface area contributed by atoms with Gasteiger partial charge >= 0.3 is 0 Å². The highest BCUT2D eigenvalue weighted by Crippen LogP contribution is 2.43. The van der Waals surface area contributed by atoms with Crippen LogP contribution in [0, 0.1) is 0 Å². The van der Waals surface area contributed by atoms with Gasteiger partial charge < -0.3 is 14.2 Å². The van der Waals surface area contributed by atoms with E-state index in [1.54, 1.807) is 14.2 Å². The third-order valence-electron chi connectivity index (χ3n) is 4.28. The van der Waals surface area contributed by atoms with E-state index in [-0.39, 0.29) is 0 Å². The van der Waals surface area contributed by atoms with E-state index in [1.807, 2.05) is 18.2 Å². The smallest absolute Gasteiger partial charge is 0.161 e. The molecule has 0 fully saturated rings. The van der Waals surface area contributed by atoms with Crippen molar-refractivity contribution in [1.29, 1.82) is 0 Å². The molecule has 0 amide bonds. The van der Waals surface area contributed by atoms with Crippen molar-refractivity contribution < 1.29 is 14.2 Å². The molecule has 0 aromatic heterocycles. The van der Waals surface area contributed by atoms with Gasteiger partial charge in [-0.25, -0.2) is 0 Å². The number of halogens is 1. The number of hydrogen-bond donors (Lipinski definition) is 0. The summed E-state index contributed by atoms with van der Waals surface area (Å²) in [4.78, 5) is 0. The summed E-state index contributed by atoms with van der Waals surface area (Å²) in [7, 11) is 3.32. The first kappa shape index (κ1) is 15.4. The van der Waals surface area contributed by atoms with Crippen LogP contribution >= 0.6 is 15.9 Å². The highest BCUT2D eigenvalue weighted by Gasteiger charge is 2.36. The maximum atomic E-state index is 6.18. The number of fused-ring (bicyclic) bond motifs is 1. The number of methoxy groups -OCH3 is 2. The molecule has 0 N–H and O–H groups in total. The Hall–Kier alpha value is -1.52. The molecular weight excluding hydrogens is 344 g/mol. The van der Waals surface area contributed by atoms with Gasteiger partial charge in [0.15, 0.2) is 11.5 Å². The molecule has 0 saturated heterocycles. The predicted octanol–water partition coefficient (Wildman–Crippen LogP) is 4.30. The van der Waals surface area contributed by atoms with Gasteiger partial charge in [-0.1, -0.05) is 28.1 Å². The van der Waals surface area contributed by atoms with E-state index in [9.17, 15) is 0 Å². The molecule has 0 saturated carbocycles. The Labute approximate surface area is 139 Å². The lowest BCUT2D eigenvalue weighted by molar-refractivity contribution is -0.0144. The van der Waals surface area contributed by atoms with Crippen LogP contribution in [0.1, 0.15) is 23.6 Å². The Morgan fingerprint density at radius 1 is 1.05 bits per heavy atom. The molecule has 1 aliphatic rings. The normalized spacial score (nSPS) is 20.4. The van der Waals surface area contributed by atoms with Crippen LogP contribution in [0.25, 0.3) is 0 Å². The fourth-order valence-electron chi connectivity index (χ4n) is 3.02. The highest BCUT2D eigenvalue weighted by atomic mass is 79.9. The molecule has 1 atom stereocenters. The lowest BCUT2D eigenvalue weighted by Gasteiger charge is -2.37. The predicted molar refractivity (Wildman–Crippen MR) is 89.8 cm³/mol. The molecule has 3 rings (SSSR count). The van der Waals surface area contributed by atoms with Gasteiger partial charge in [0.05, 0.1) is 20.8 Å². The number of ether oxygens (including phenoxy) is 3. The second-order valence-corrected chi connectivity index (χ2v) is 6.42. The van der Waals surface area contributed by atoms with Crippen molar-refractivity contribution in [1.82, 2.24) is 0 Å². The van der Waals surface area contributed by atoms with Crippen molar-refractivity contribution in [3.8, 4) is 11.5 Å². The van der Waals surface area contributed by atoms with Crippen LogP contribution in [0.3, 0.4) is 0 Å². The molecule has 1 aliphatic heterocycles. The van der Waals surface area contributed by atoms with Crippen molar-refractivity contribution >= 4 is 15.9 Å². The molecule has 2 aromatic carbocycles. The van der Waals surface area contributed by atoms with Gasteiger partial charge in [0.1, 0.15) is 5.60 Å². The molecule has 116 valence electrons. The van der Waals surface area contributed by atoms with Gasteiger partial charge in [0, 0.05) is 4.47 Å². The molecule has 0 spiro atoms. The molecule has 2 aromatic rings. The van der Waals surface area contributed by atoms with Crippen LogP contribution in [-0.2, 0) is 16.8 Å². The summed E-state index contributed by atoms with van der Waals surface area (Å²) in [6, 6.07) is 12.4. The quantitative estimate of drug-likeness (QED) is 0.814. The summed E-state index contributed by atoms with van der Waals surface area (Å²) in [5.74, 6) is 1.50. The van der Waals surface area contributed by atoms with E-state index in [2.05, 4.69) is 41.1 Å². The summed E-state index contributed by atoms with van der Waals surface area (Å²) in [6.07, 6.45) is 0.877. The third-order valence-corrected chi connectivity index (χ3v) is 4.81. The van der Waals surface area contributed by atoms with Crippen molar-refractivity contribution in [2.24, 2.45) is 0 Å². The maximum Gasteiger partial charge on any atom is 0.161 e. The fourth-order valence-corrected chi connectivity index (χ4v) is 3.29. The minimum atomic E-state index is -0.478. The highest BCUT2D eigenvalue weighted by molar-refractivity contribution is 9.10. The first-order valence-corrected chi connectivity index (χ1v) is 8.03. The lowest BCUT2D eigenvalue weighted by atomic mass is 9.82. The minimum Gasteiger partial charge on any atom is -0.493 e. The second kappa shape index (κ2) is 5.94. The Kier molecular flexibility index (Phi) is 4.15. The molecule has 0 radical (unpaired) electrons. The third kappa shape index (κ3) is 2.50. The first-order chi connectivity index (χ1) is 10.6. The summed E-state index contributed by atoms with van der Waals surface area (Å²) in [5.41, 5.74) is 3.03. The van der Waals surface area contributed by atoms with E-state index in [0.717, 1.165) is 33.5 Å². The topological polar surface area (TPSA) is 27.7 Å². The van der Waals surface area contributed by atoms with Crippen molar-refractivity contribution in [2.45, 2.75) is 18.9 Å². The average molecular weight is 363 g/mol. The molecule has 22 heavy (non-hydrogen) atoms. The van der Waals surface area contributed by atoms with Crippen LogP contribution in [0.2, 0.25) is 0 Å². The van der Waals surface area contributed by atoms with Crippen LogP contribution in [0.15, 0.2) is 40.9 Å². The summed E-state index contributed by atoms with van der Waals surface area (Å²) >= 11 is 3.48. The van der Waals surface area contributed by atoms with Crippen LogP contribution in [0.4, 0.5) is 0 Å². The minimum absolute atomic E-state index is 0.478. The van der Waals surface area contributed by atoms with E-state index in [0.29, 0.717) is 6.61 Å². The van der Waals surface area contributed by atoms with Gasteiger partial charge in [-0.05, 0) is 54.3 Å². The van der Waals surface area contributed by atoms with Gasteiger partial charge in [-0.2, -0.15) is 0 Å². The molecule has 4 heteroatoms. The molecule has 0 aliphatic carbocycles. The number of rotatable bonds is 3. The van der Waals surface area contributed by atoms with E-state index in [4.69, 9.17) is 14.2 Å². The summed E-state index contributed by atoms with van der Waals surface area (Å²) in [6.45, 7) is 2.80. The monoisotopic (exact) mass is 362 g/mol. The molecule has 0 bridgehead atoms. The number of hydrogen-bond acceptors (Lipinski definition) is 3. The zero-order valence-corrected chi connectivity index (χ0v) is 14.6. The van der Waals surface area contributed by atoms with Crippen molar-refractivity contribution in [3.63, 3.8) is 0 Å². The SMILES string of the molecule is COc1cc2c(cc1OC)[C@](C)(c1ccc(Br)cc1)OCC2. The Morgan fingerprint density at radius 3 is 2.32 bits per heavy atom. The van der Waals surface area contributed by atoms with E-state index >= 15 is 0 Å². The molecule has 3 nitrogen and oxygen atoms in total. The first-order valence-electron chi connectivity index (χ1n) is 7.24. The molecule has 1 heterocycles. The standard InChI is InChI=1S/C18H19BrO3/c1-18(13-4-6-14(19)7-5-13)15-11-17(21-3)16(20-2)10-12(15)8-9-22-18/h4-7,10-11H,8-9H2,1-3H3/t18-/m0/s1. The van der Waals surface area contributed by atoms with Gasteiger partial charge in [-0.3, -0.25) is 0 Å². The zero-order valence-electron chi connectivity index (χ0n) is 13.0. The van der Waals surface area contributed by atoms with Crippen LogP contribution in [-0.4, -0.2) is 20.8 Å². The lowest BCUT2D eigenvalue weighted by Crippen LogP contribution is -2.33. The van der Waals surface area contributed by atoms with Gasteiger partial charge in [0.2, 0.25) is 0 Å². The molecular formula is C18H19BrO3. The Bertz CT molecular complexity index is 681. The van der Waals surface area contributed by atoms with E-state index < -0.39 is 5.60 Å². The fraction of sp³-hybridized carbons (Fsp3) is 0.333. The zero-order chi connectivity index (χ0) is 15.7. The summed E-state index contributed by atoms with van der Waals surface area (Å²) in [5, 5.41) is 0. The average Bonchev–Trinajstić information content (AvgIpc) is 2.54. The second-order valence-electron chi connectivity index (χ2n) is 5.50. The summed E-state index contributed by atoms with van der Waals surface area (Å²) < 4.78 is 18.1. The van der Waals surface area contributed by atoms with Crippen LogP contribution in [0.5, 0.6) is 11.5 Å². The van der Waals surface area contributed by atoms with E-state index in [1.165, 1.54) is 5.56 Å². The number of benzene rings is 2. The van der Waals surface area contributed by atoms with Gasteiger partial charge in [0.25, 0.3) is 0 Å². The Morgan fingerprint density at radius 2 is 1.68 bits per heavy atom. The van der Waals surface area contributed by atoms with Crippen molar-refractivity contribution in [3.05, 3.63) is 57.6 Å². The largest absolute Gasteiger partial charge is 0.493 e. The Balaban J connectivity index is 2.15.